The van der Waals surface area contributed by atoms with Crippen molar-refractivity contribution >= 4 is 28.2 Å². The molecule has 0 fully saturated rings. The zero-order valence-corrected chi connectivity index (χ0v) is 11.5. The maximum absolute atomic E-state index is 12.1. The maximum atomic E-state index is 12.1. The van der Waals surface area contributed by atoms with Crippen LogP contribution in [0.3, 0.4) is 0 Å². The molecule has 4 N–H and O–H groups in total. The molecular formula is C16H13N3O3. The molecule has 0 unspecified atom stereocenters. The summed E-state index contributed by atoms with van der Waals surface area (Å²) in [6.07, 6.45) is 0.227. The Labute approximate surface area is 125 Å². The Kier molecular flexibility index (Phi) is 2.69. The molecule has 110 valence electrons. The molecule has 1 aliphatic rings. The van der Waals surface area contributed by atoms with Gasteiger partial charge < -0.3 is 10.3 Å². The van der Waals surface area contributed by atoms with Crippen molar-refractivity contribution in [1.29, 1.82) is 0 Å². The van der Waals surface area contributed by atoms with Gasteiger partial charge in [0.2, 0.25) is 5.91 Å². The van der Waals surface area contributed by atoms with Crippen LogP contribution in [0.1, 0.15) is 5.56 Å². The second-order valence-electron chi connectivity index (χ2n) is 5.27. The van der Waals surface area contributed by atoms with Crippen LogP contribution in [-0.2, 0) is 11.2 Å². The van der Waals surface area contributed by atoms with Crippen LogP contribution < -0.4 is 10.5 Å². The topological polar surface area (TPSA) is 88.6 Å². The van der Waals surface area contributed by atoms with Crippen molar-refractivity contribution in [3.63, 3.8) is 0 Å². The molecule has 6 nitrogen and oxygen atoms in total. The average Bonchev–Trinajstić information content (AvgIpc) is 2.78. The standard InChI is InChI=1S/C16H13N3O3/c20-15-8-12-11-7-9(19(21)22)5-6-14(11)18-16(12)10-3-1-2-4-13(10)17-15/h1-7,18,21-22H,8H2,(H,17,20). The van der Waals surface area contributed by atoms with Crippen molar-refractivity contribution in [2.45, 2.75) is 6.42 Å². The molecule has 0 atom stereocenters. The average molecular weight is 295 g/mol. The predicted octanol–water partition coefficient (Wildman–Crippen LogP) is 2.91. The van der Waals surface area contributed by atoms with Gasteiger partial charge in [-0.3, -0.25) is 15.2 Å². The largest absolute Gasteiger partial charge is 0.354 e. The summed E-state index contributed by atoms with van der Waals surface area (Å²) < 4.78 is 0. The van der Waals surface area contributed by atoms with Gasteiger partial charge in [-0.25, -0.2) is 0 Å². The van der Waals surface area contributed by atoms with Crippen LogP contribution in [0, 0.1) is 0 Å². The zero-order chi connectivity index (χ0) is 15.3. The van der Waals surface area contributed by atoms with E-state index in [1.54, 1.807) is 18.2 Å². The number of rotatable bonds is 1. The van der Waals surface area contributed by atoms with E-state index in [1.807, 2.05) is 24.3 Å². The van der Waals surface area contributed by atoms with E-state index in [2.05, 4.69) is 10.3 Å². The molecule has 0 aliphatic carbocycles. The number of fused-ring (bicyclic) bond motifs is 5. The van der Waals surface area contributed by atoms with Gasteiger partial charge in [0.1, 0.15) is 0 Å². The van der Waals surface area contributed by atoms with Crippen LogP contribution in [0.2, 0.25) is 0 Å². The van der Waals surface area contributed by atoms with Crippen LogP contribution in [0.5, 0.6) is 0 Å². The molecule has 0 spiro atoms. The number of hydrogen-bond donors (Lipinski definition) is 4. The lowest BCUT2D eigenvalue weighted by Gasteiger charge is -2.07. The normalized spacial score (nSPS) is 13.3. The van der Waals surface area contributed by atoms with E-state index in [0.717, 1.165) is 33.4 Å². The van der Waals surface area contributed by atoms with E-state index in [9.17, 15) is 15.2 Å². The fourth-order valence-corrected chi connectivity index (χ4v) is 2.94. The number of nitrogens with one attached hydrogen (secondary N) is 2. The Morgan fingerprint density at radius 2 is 1.91 bits per heavy atom. The van der Waals surface area contributed by atoms with E-state index in [-0.39, 0.29) is 23.2 Å². The summed E-state index contributed by atoms with van der Waals surface area (Å²) in [5, 5.41) is 22.1. The lowest BCUT2D eigenvalue weighted by atomic mass is 10.0. The van der Waals surface area contributed by atoms with E-state index in [1.165, 1.54) is 0 Å². The van der Waals surface area contributed by atoms with Gasteiger partial charge in [-0.2, -0.15) is 0 Å². The van der Waals surface area contributed by atoms with Crippen molar-refractivity contribution in [2.24, 2.45) is 0 Å². The summed E-state index contributed by atoms with van der Waals surface area (Å²) in [6.45, 7) is 0. The second kappa shape index (κ2) is 4.59. The third kappa shape index (κ3) is 1.86. The molecule has 2 aromatic carbocycles. The highest BCUT2D eigenvalue weighted by Crippen LogP contribution is 2.38. The number of carbonyl (C=O) groups excluding carboxylic acids is 1. The first-order valence-electron chi connectivity index (χ1n) is 6.85. The first-order valence-corrected chi connectivity index (χ1v) is 6.85. The van der Waals surface area contributed by atoms with Gasteiger partial charge >= 0.3 is 0 Å². The van der Waals surface area contributed by atoms with Crippen LogP contribution in [0.25, 0.3) is 22.2 Å². The van der Waals surface area contributed by atoms with Crippen LogP contribution >= 0.6 is 0 Å². The van der Waals surface area contributed by atoms with Gasteiger partial charge in [-0.1, -0.05) is 18.2 Å². The van der Waals surface area contributed by atoms with Crippen molar-refractivity contribution in [1.82, 2.24) is 4.98 Å². The Bertz CT molecular complexity index is 899. The molecule has 0 saturated heterocycles. The molecule has 1 aliphatic heterocycles. The lowest BCUT2D eigenvalue weighted by Crippen LogP contribution is -2.13. The minimum Gasteiger partial charge on any atom is -0.354 e. The summed E-state index contributed by atoms with van der Waals surface area (Å²) in [5.41, 5.74) is 4.51. The molecule has 2 heterocycles. The minimum atomic E-state index is -0.0950. The predicted molar refractivity (Wildman–Crippen MR) is 82.1 cm³/mol. The quantitative estimate of drug-likeness (QED) is 0.520. The molecule has 6 heteroatoms. The zero-order valence-electron chi connectivity index (χ0n) is 11.5. The van der Waals surface area contributed by atoms with Gasteiger partial charge in [0.25, 0.3) is 0 Å². The van der Waals surface area contributed by atoms with E-state index >= 15 is 0 Å². The smallest absolute Gasteiger partial charge is 0.228 e. The summed E-state index contributed by atoms with van der Waals surface area (Å²) in [6, 6.07) is 12.6. The molecular weight excluding hydrogens is 282 g/mol. The monoisotopic (exact) mass is 295 g/mol. The second-order valence-corrected chi connectivity index (χ2v) is 5.27. The first kappa shape index (κ1) is 12.9. The Morgan fingerprint density at radius 3 is 2.73 bits per heavy atom. The summed E-state index contributed by atoms with van der Waals surface area (Å²) in [7, 11) is 0. The summed E-state index contributed by atoms with van der Waals surface area (Å²) in [5.74, 6) is -0.0950. The lowest BCUT2D eigenvalue weighted by molar-refractivity contribution is -0.115. The fourth-order valence-electron chi connectivity index (χ4n) is 2.94. The van der Waals surface area contributed by atoms with Crippen molar-refractivity contribution in [3.05, 3.63) is 48.0 Å². The molecule has 3 aromatic rings. The molecule has 1 aromatic heterocycles. The molecule has 1 amide bonds. The number of H-pyrrole nitrogens is 1. The molecule has 0 radical (unpaired) electrons. The number of amides is 1. The van der Waals surface area contributed by atoms with E-state index < -0.39 is 0 Å². The van der Waals surface area contributed by atoms with Gasteiger partial charge in [-0.15, -0.1) is 5.23 Å². The fraction of sp³-hybridized carbons (Fsp3) is 0.0625. The van der Waals surface area contributed by atoms with Gasteiger partial charge in [0.15, 0.2) is 0 Å². The van der Waals surface area contributed by atoms with Crippen molar-refractivity contribution < 1.29 is 15.2 Å². The number of aromatic nitrogens is 1. The number of para-hydroxylation sites is 1. The van der Waals surface area contributed by atoms with Crippen molar-refractivity contribution in [3.8, 4) is 11.3 Å². The highest BCUT2D eigenvalue weighted by Gasteiger charge is 2.22. The highest BCUT2D eigenvalue weighted by atomic mass is 16.8. The molecule has 0 saturated carbocycles. The number of hydrogen-bond acceptors (Lipinski definition) is 4. The van der Waals surface area contributed by atoms with Gasteiger partial charge in [-0.05, 0) is 29.8 Å². The molecule has 0 bridgehead atoms. The Balaban J connectivity index is 2.03. The SMILES string of the molecule is O=C1Cc2c([nH]c3ccc(N(O)O)cc23)-c2ccccc2N1. The van der Waals surface area contributed by atoms with Crippen LogP contribution in [0.4, 0.5) is 11.4 Å². The number of nitrogens with zero attached hydrogens (tertiary/aromatic N) is 1. The third-order valence-corrected chi connectivity index (χ3v) is 3.93. The number of carbonyl (C=O) groups is 1. The number of anilines is 2. The van der Waals surface area contributed by atoms with E-state index in [4.69, 9.17) is 0 Å². The summed E-state index contributed by atoms with van der Waals surface area (Å²) in [4.78, 5) is 15.5. The molecule has 22 heavy (non-hydrogen) atoms. The Morgan fingerprint density at radius 1 is 1.09 bits per heavy atom. The summed E-state index contributed by atoms with van der Waals surface area (Å²) >= 11 is 0. The maximum Gasteiger partial charge on any atom is 0.228 e. The highest BCUT2D eigenvalue weighted by molar-refractivity contribution is 6.05. The van der Waals surface area contributed by atoms with Gasteiger partial charge in [0.05, 0.1) is 23.5 Å². The number of aromatic amines is 1. The molecule has 4 rings (SSSR count). The van der Waals surface area contributed by atoms with E-state index in [0.29, 0.717) is 0 Å². The first-order chi connectivity index (χ1) is 10.6. The van der Waals surface area contributed by atoms with Crippen LogP contribution in [0.15, 0.2) is 42.5 Å². The minimum absolute atomic E-state index is 0.0730. The van der Waals surface area contributed by atoms with Crippen molar-refractivity contribution in [2.75, 3.05) is 10.5 Å². The van der Waals surface area contributed by atoms with Crippen LogP contribution in [-0.4, -0.2) is 21.3 Å². The van der Waals surface area contributed by atoms with Gasteiger partial charge in [0, 0.05) is 16.5 Å². The third-order valence-electron chi connectivity index (χ3n) is 3.93. The Hall–Kier alpha value is -2.83. The number of benzene rings is 2.